The van der Waals surface area contributed by atoms with Crippen LogP contribution in [0.25, 0.3) is 10.9 Å². The highest BCUT2D eigenvalue weighted by Crippen LogP contribution is 2.34. The van der Waals surface area contributed by atoms with E-state index in [1.165, 1.54) is 0 Å². The molecule has 0 saturated carbocycles. The first-order chi connectivity index (χ1) is 9.07. The molecular formula is C15H19N3O. The van der Waals surface area contributed by atoms with Crippen LogP contribution in [0.4, 0.5) is 11.4 Å². The topological polar surface area (TPSA) is 62.4 Å². The molecule has 2 heterocycles. The van der Waals surface area contributed by atoms with Gasteiger partial charge in [-0.15, -0.1) is 0 Å². The standard InChI is InChI=1S/C15H19N3O/c1-15(19)6-8-18(9-7-15)14-11-4-2-3-5-13(11)17-10-12(14)16/h2-5,10,19H,6-9,16H2,1H3. The van der Waals surface area contributed by atoms with Crippen LogP contribution in [0, 0.1) is 0 Å². The molecule has 1 aliphatic rings. The number of aliphatic hydroxyl groups is 1. The van der Waals surface area contributed by atoms with Crippen molar-refractivity contribution in [2.75, 3.05) is 23.7 Å². The Bertz CT molecular complexity index is 599. The highest BCUT2D eigenvalue weighted by atomic mass is 16.3. The number of hydrogen-bond acceptors (Lipinski definition) is 4. The maximum absolute atomic E-state index is 10.1. The zero-order valence-corrected chi connectivity index (χ0v) is 11.1. The number of nitrogens with two attached hydrogens (primary N) is 1. The Kier molecular flexibility index (Phi) is 2.82. The fraction of sp³-hybridized carbons (Fsp3) is 0.400. The van der Waals surface area contributed by atoms with Crippen LogP contribution < -0.4 is 10.6 Å². The maximum atomic E-state index is 10.1. The van der Waals surface area contributed by atoms with Gasteiger partial charge in [-0.25, -0.2) is 0 Å². The van der Waals surface area contributed by atoms with Gasteiger partial charge in [-0.1, -0.05) is 18.2 Å². The molecule has 2 aromatic rings. The first-order valence-corrected chi connectivity index (χ1v) is 6.67. The number of nitrogens with zero attached hydrogens (tertiary/aromatic N) is 2. The highest BCUT2D eigenvalue weighted by molar-refractivity contribution is 5.97. The summed E-state index contributed by atoms with van der Waals surface area (Å²) in [6.07, 6.45) is 3.26. The number of para-hydroxylation sites is 1. The second-order valence-corrected chi connectivity index (χ2v) is 5.56. The average Bonchev–Trinajstić information content (AvgIpc) is 2.40. The summed E-state index contributed by atoms with van der Waals surface area (Å²) in [5.41, 5.74) is 8.30. The van der Waals surface area contributed by atoms with Crippen molar-refractivity contribution in [2.24, 2.45) is 0 Å². The van der Waals surface area contributed by atoms with Crippen LogP contribution in [0.3, 0.4) is 0 Å². The van der Waals surface area contributed by atoms with Crippen LogP contribution in [0.15, 0.2) is 30.5 Å². The molecule has 0 amide bonds. The lowest BCUT2D eigenvalue weighted by Crippen LogP contribution is -2.42. The third kappa shape index (κ3) is 2.24. The molecule has 0 unspecified atom stereocenters. The molecule has 19 heavy (non-hydrogen) atoms. The molecular weight excluding hydrogens is 238 g/mol. The van der Waals surface area contributed by atoms with Crippen LogP contribution >= 0.6 is 0 Å². The predicted octanol–water partition coefficient (Wildman–Crippen LogP) is 2.17. The van der Waals surface area contributed by atoms with E-state index in [2.05, 4.69) is 16.0 Å². The molecule has 0 spiro atoms. The van der Waals surface area contributed by atoms with E-state index in [0.717, 1.165) is 42.5 Å². The molecule has 3 N–H and O–H groups in total. The SMILES string of the molecule is CC1(O)CCN(c2c(N)cnc3ccccc23)CC1. The monoisotopic (exact) mass is 257 g/mol. The number of anilines is 2. The van der Waals surface area contributed by atoms with E-state index in [1.807, 2.05) is 25.1 Å². The van der Waals surface area contributed by atoms with Gasteiger partial charge in [0.05, 0.1) is 28.7 Å². The van der Waals surface area contributed by atoms with E-state index in [9.17, 15) is 5.11 Å². The Morgan fingerprint density at radius 1 is 1.26 bits per heavy atom. The summed E-state index contributed by atoms with van der Waals surface area (Å²) >= 11 is 0. The quantitative estimate of drug-likeness (QED) is 0.822. The van der Waals surface area contributed by atoms with Gasteiger partial charge in [-0.3, -0.25) is 4.98 Å². The van der Waals surface area contributed by atoms with E-state index in [1.54, 1.807) is 6.20 Å². The predicted molar refractivity (Wildman–Crippen MR) is 78.2 cm³/mol. The molecule has 1 aromatic carbocycles. The van der Waals surface area contributed by atoms with Crippen molar-refractivity contribution >= 4 is 22.3 Å². The van der Waals surface area contributed by atoms with Crippen molar-refractivity contribution in [3.05, 3.63) is 30.5 Å². The minimum atomic E-state index is -0.548. The van der Waals surface area contributed by atoms with Crippen LogP contribution in [-0.4, -0.2) is 28.8 Å². The second-order valence-electron chi connectivity index (χ2n) is 5.56. The Balaban J connectivity index is 2.03. The fourth-order valence-corrected chi connectivity index (χ4v) is 2.71. The second kappa shape index (κ2) is 4.38. The molecule has 0 aliphatic carbocycles. The van der Waals surface area contributed by atoms with E-state index >= 15 is 0 Å². The summed E-state index contributed by atoms with van der Waals surface area (Å²) in [5, 5.41) is 11.1. The van der Waals surface area contributed by atoms with E-state index in [-0.39, 0.29) is 0 Å². The molecule has 0 radical (unpaired) electrons. The zero-order valence-electron chi connectivity index (χ0n) is 11.1. The number of fused-ring (bicyclic) bond motifs is 1. The van der Waals surface area contributed by atoms with Gasteiger partial charge >= 0.3 is 0 Å². The van der Waals surface area contributed by atoms with Gasteiger partial charge in [0.25, 0.3) is 0 Å². The van der Waals surface area contributed by atoms with Gasteiger partial charge in [0.15, 0.2) is 0 Å². The lowest BCUT2D eigenvalue weighted by Gasteiger charge is -2.38. The first kappa shape index (κ1) is 12.2. The van der Waals surface area contributed by atoms with Gasteiger partial charge < -0.3 is 15.7 Å². The first-order valence-electron chi connectivity index (χ1n) is 6.67. The molecule has 4 heteroatoms. The molecule has 1 aromatic heterocycles. The minimum Gasteiger partial charge on any atom is -0.396 e. The van der Waals surface area contributed by atoms with Crippen LogP contribution in [-0.2, 0) is 0 Å². The molecule has 4 nitrogen and oxygen atoms in total. The van der Waals surface area contributed by atoms with Crippen molar-refractivity contribution < 1.29 is 5.11 Å². The number of benzene rings is 1. The normalized spacial score (nSPS) is 18.7. The van der Waals surface area contributed by atoms with E-state index < -0.39 is 5.60 Å². The number of pyridine rings is 1. The van der Waals surface area contributed by atoms with Crippen LogP contribution in [0.1, 0.15) is 19.8 Å². The molecule has 0 atom stereocenters. The Morgan fingerprint density at radius 3 is 2.68 bits per heavy atom. The summed E-state index contributed by atoms with van der Waals surface area (Å²) in [7, 11) is 0. The Labute approximate surface area is 112 Å². The average molecular weight is 257 g/mol. The number of rotatable bonds is 1. The smallest absolute Gasteiger partial charge is 0.0745 e. The van der Waals surface area contributed by atoms with Crippen molar-refractivity contribution in [2.45, 2.75) is 25.4 Å². The Hall–Kier alpha value is -1.81. The molecule has 1 saturated heterocycles. The largest absolute Gasteiger partial charge is 0.396 e. The van der Waals surface area contributed by atoms with Gasteiger partial charge in [0.2, 0.25) is 0 Å². The van der Waals surface area contributed by atoms with Gasteiger partial charge in [0.1, 0.15) is 0 Å². The lowest BCUT2D eigenvalue weighted by atomic mass is 9.93. The maximum Gasteiger partial charge on any atom is 0.0745 e. The van der Waals surface area contributed by atoms with Gasteiger partial charge in [-0.05, 0) is 25.8 Å². The summed E-state index contributed by atoms with van der Waals surface area (Å²) < 4.78 is 0. The summed E-state index contributed by atoms with van der Waals surface area (Å²) in [5.74, 6) is 0. The molecule has 1 fully saturated rings. The number of nitrogen functional groups attached to an aromatic ring is 1. The Morgan fingerprint density at radius 2 is 1.95 bits per heavy atom. The molecule has 0 bridgehead atoms. The summed E-state index contributed by atoms with van der Waals surface area (Å²) in [4.78, 5) is 6.63. The molecule has 1 aliphatic heterocycles. The number of hydrogen-bond donors (Lipinski definition) is 2. The van der Waals surface area contributed by atoms with Gasteiger partial charge in [0, 0.05) is 18.5 Å². The molecule has 3 rings (SSSR count). The van der Waals surface area contributed by atoms with Crippen molar-refractivity contribution in [1.82, 2.24) is 4.98 Å². The number of piperidine rings is 1. The van der Waals surface area contributed by atoms with Crippen molar-refractivity contribution in [1.29, 1.82) is 0 Å². The highest BCUT2D eigenvalue weighted by Gasteiger charge is 2.28. The van der Waals surface area contributed by atoms with E-state index in [4.69, 9.17) is 5.73 Å². The van der Waals surface area contributed by atoms with Gasteiger partial charge in [-0.2, -0.15) is 0 Å². The third-order valence-electron chi connectivity index (χ3n) is 3.93. The van der Waals surface area contributed by atoms with Crippen molar-refractivity contribution in [3.8, 4) is 0 Å². The number of aromatic nitrogens is 1. The zero-order chi connectivity index (χ0) is 13.5. The summed E-state index contributed by atoms with van der Waals surface area (Å²) in [6.45, 7) is 3.55. The fourth-order valence-electron chi connectivity index (χ4n) is 2.71. The molecule has 100 valence electrons. The minimum absolute atomic E-state index is 0.548. The van der Waals surface area contributed by atoms with Crippen LogP contribution in [0.2, 0.25) is 0 Å². The van der Waals surface area contributed by atoms with Crippen LogP contribution in [0.5, 0.6) is 0 Å². The summed E-state index contributed by atoms with van der Waals surface area (Å²) in [6, 6.07) is 8.04. The van der Waals surface area contributed by atoms with Crippen molar-refractivity contribution in [3.63, 3.8) is 0 Å². The third-order valence-corrected chi connectivity index (χ3v) is 3.93. The lowest BCUT2D eigenvalue weighted by molar-refractivity contribution is 0.0352. The van der Waals surface area contributed by atoms with E-state index in [0.29, 0.717) is 5.69 Å².